The molecule has 6 nitrogen and oxygen atoms in total. The Morgan fingerprint density at radius 1 is 1.11 bits per heavy atom. The monoisotopic (exact) mass is 494 g/mol. The summed E-state index contributed by atoms with van der Waals surface area (Å²) >= 11 is 6.28. The zero-order valence-corrected chi connectivity index (χ0v) is 21.4. The van der Waals surface area contributed by atoms with Crippen molar-refractivity contribution in [1.29, 1.82) is 0 Å². The minimum atomic E-state index is -0.546. The number of nitrogens with zero attached hydrogens (tertiary/aromatic N) is 1. The summed E-state index contributed by atoms with van der Waals surface area (Å²) in [5.41, 5.74) is 3.87. The van der Waals surface area contributed by atoms with Crippen LogP contribution >= 0.6 is 11.6 Å². The first-order valence-corrected chi connectivity index (χ1v) is 12.7. The summed E-state index contributed by atoms with van der Waals surface area (Å²) in [4.78, 5) is 12.6. The Labute approximate surface area is 212 Å². The normalized spacial score (nSPS) is 19.2. The van der Waals surface area contributed by atoms with Gasteiger partial charge in [-0.25, -0.2) is 4.79 Å². The Bertz CT molecular complexity index is 1100. The van der Waals surface area contributed by atoms with Gasteiger partial charge in [-0.15, -0.1) is 0 Å². The molecule has 0 spiro atoms. The van der Waals surface area contributed by atoms with Crippen molar-refractivity contribution in [3.8, 4) is 11.1 Å². The van der Waals surface area contributed by atoms with Gasteiger partial charge in [-0.1, -0.05) is 54.1 Å². The number of hydrogen-bond donors (Lipinski definition) is 3. The van der Waals surface area contributed by atoms with Gasteiger partial charge in [0.15, 0.2) is 0 Å². The lowest BCUT2D eigenvalue weighted by atomic mass is 9.79. The first-order chi connectivity index (χ1) is 16.8. The topological polar surface area (TPSA) is 79.0 Å². The number of nitrogens with one attached hydrogen (secondary N) is 3. The zero-order chi connectivity index (χ0) is 24.8. The first kappa shape index (κ1) is 25.3. The zero-order valence-electron chi connectivity index (χ0n) is 20.7. The first-order valence-electron chi connectivity index (χ1n) is 12.3. The van der Waals surface area contributed by atoms with E-state index >= 15 is 0 Å². The van der Waals surface area contributed by atoms with Gasteiger partial charge in [0.2, 0.25) is 0 Å². The third-order valence-electron chi connectivity index (χ3n) is 6.49. The van der Waals surface area contributed by atoms with Crippen LogP contribution < -0.4 is 10.6 Å². The van der Waals surface area contributed by atoms with E-state index in [9.17, 15) is 4.79 Å². The quantitative estimate of drug-likeness (QED) is 0.343. The van der Waals surface area contributed by atoms with Gasteiger partial charge in [0.1, 0.15) is 5.60 Å². The summed E-state index contributed by atoms with van der Waals surface area (Å²) in [5.74, 6) is 0.311. The van der Waals surface area contributed by atoms with Crippen LogP contribution in [0.15, 0.2) is 60.8 Å². The summed E-state index contributed by atoms with van der Waals surface area (Å²) in [6, 6.07) is 18.4. The number of alkyl carbamates (subject to hydrolysis) is 1. The number of H-pyrrole nitrogens is 1. The molecule has 1 aliphatic rings. The Balaban J connectivity index is 1.37. The highest BCUT2D eigenvalue weighted by atomic mass is 35.5. The fourth-order valence-electron chi connectivity index (χ4n) is 4.83. The van der Waals surface area contributed by atoms with Crippen molar-refractivity contribution in [1.82, 2.24) is 20.8 Å². The number of halogens is 1. The van der Waals surface area contributed by atoms with Crippen molar-refractivity contribution in [3.05, 3.63) is 77.1 Å². The molecule has 35 heavy (non-hydrogen) atoms. The van der Waals surface area contributed by atoms with Gasteiger partial charge in [0.05, 0.1) is 17.9 Å². The number of aromatic nitrogens is 2. The molecule has 1 saturated carbocycles. The molecule has 1 unspecified atom stereocenters. The Kier molecular flexibility index (Phi) is 8.14. The minimum Gasteiger partial charge on any atom is -0.444 e. The van der Waals surface area contributed by atoms with Crippen molar-refractivity contribution < 1.29 is 9.53 Å². The van der Waals surface area contributed by atoms with Gasteiger partial charge < -0.3 is 15.4 Å². The highest BCUT2D eigenvalue weighted by Crippen LogP contribution is 2.36. The maximum Gasteiger partial charge on any atom is 0.408 e. The summed E-state index contributed by atoms with van der Waals surface area (Å²) in [5, 5.41) is 14.9. The molecule has 0 aliphatic heterocycles. The van der Waals surface area contributed by atoms with Gasteiger partial charge in [-0.3, -0.25) is 5.10 Å². The Morgan fingerprint density at radius 2 is 1.86 bits per heavy atom. The number of ether oxygens (including phenoxy) is 1. The van der Waals surface area contributed by atoms with E-state index in [-0.39, 0.29) is 6.04 Å². The van der Waals surface area contributed by atoms with Crippen LogP contribution in [-0.2, 0) is 11.3 Å². The number of hydrogen-bond acceptors (Lipinski definition) is 4. The molecule has 0 radical (unpaired) electrons. The molecule has 1 aliphatic carbocycles. The van der Waals surface area contributed by atoms with Crippen molar-refractivity contribution in [2.24, 2.45) is 5.92 Å². The molecule has 0 bridgehead atoms. The van der Waals surface area contributed by atoms with Gasteiger partial charge in [0.25, 0.3) is 0 Å². The highest BCUT2D eigenvalue weighted by molar-refractivity contribution is 6.30. The fraction of sp³-hybridized carbons (Fsp3) is 0.429. The third-order valence-corrected chi connectivity index (χ3v) is 6.73. The van der Waals surface area contributed by atoms with E-state index in [0.717, 1.165) is 49.0 Å². The molecule has 7 heteroatoms. The molecule has 1 aromatic heterocycles. The molecule has 186 valence electrons. The lowest BCUT2D eigenvalue weighted by molar-refractivity contribution is 0.0473. The average Bonchev–Trinajstić information content (AvgIpc) is 3.30. The predicted octanol–water partition coefficient (Wildman–Crippen LogP) is 6.64. The summed E-state index contributed by atoms with van der Waals surface area (Å²) in [7, 11) is 0. The smallest absolute Gasteiger partial charge is 0.408 e. The Morgan fingerprint density at radius 3 is 2.54 bits per heavy atom. The minimum absolute atomic E-state index is 0.137. The second kappa shape index (κ2) is 11.3. The number of rotatable bonds is 7. The van der Waals surface area contributed by atoms with Crippen molar-refractivity contribution in [3.63, 3.8) is 0 Å². The van der Waals surface area contributed by atoms with Crippen LogP contribution in [0.1, 0.15) is 63.8 Å². The van der Waals surface area contributed by atoms with Crippen LogP contribution in [0, 0.1) is 5.92 Å². The van der Waals surface area contributed by atoms with Crippen molar-refractivity contribution in [2.45, 2.75) is 70.7 Å². The fourth-order valence-corrected chi connectivity index (χ4v) is 5.02. The molecule has 0 saturated heterocycles. The van der Waals surface area contributed by atoms with Gasteiger partial charge in [-0.05, 0) is 75.6 Å². The molecule has 1 atom stereocenters. The second-order valence-electron chi connectivity index (χ2n) is 10.3. The van der Waals surface area contributed by atoms with E-state index in [1.54, 1.807) is 0 Å². The highest BCUT2D eigenvalue weighted by Gasteiger charge is 2.31. The van der Waals surface area contributed by atoms with E-state index in [1.807, 2.05) is 69.4 Å². The largest absolute Gasteiger partial charge is 0.444 e. The lowest BCUT2D eigenvalue weighted by Gasteiger charge is -2.35. The summed E-state index contributed by atoms with van der Waals surface area (Å²) in [6.45, 7) is 6.37. The number of carbonyl (C=O) groups excluding carboxylic acids is 1. The summed E-state index contributed by atoms with van der Waals surface area (Å²) in [6.07, 6.45) is 5.56. The van der Waals surface area contributed by atoms with Crippen LogP contribution in [0.2, 0.25) is 5.02 Å². The van der Waals surface area contributed by atoms with E-state index in [1.165, 1.54) is 5.56 Å². The molecular formula is C28H35ClN4O2. The van der Waals surface area contributed by atoms with Crippen molar-refractivity contribution in [2.75, 3.05) is 0 Å². The molecule has 4 rings (SSSR count). The van der Waals surface area contributed by atoms with Crippen LogP contribution in [0.4, 0.5) is 4.79 Å². The van der Waals surface area contributed by atoms with Crippen LogP contribution in [-0.4, -0.2) is 27.9 Å². The van der Waals surface area contributed by atoms with Crippen molar-refractivity contribution >= 4 is 17.7 Å². The van der Waals surface area contributed by atoms with Crippen LogP contribution in [0.3, 0.4) is 0 Å². The Hall–Kier alpha value is -2.83. The number of aromatic amines is 1. The molecule has 3 N–H and O–H groups in total. The lowest BCUT2D eigenvalue weighted by Crippen LogP contribution is -2.40. The third kappa shape index (κ3) is 7.09. The number of benzene rings is 2. The molecule has 1 amide bonds. The standard InChI is InChI=1S/C28H35ClN4O2/c1-28(2,3)35-27(34)32-26(21-10-7-11-22(29)16-21)20-12-14-23(15-13-20)30-18-25-24(17-31-33-25)19-8-5-4-6-9-19/h4-11,16-17,20,23,26,30H,12-15,18H2,1-3H3,(H,31,33)(H,32,34). The van der Waals surface area contributed by atoms with E-state index in [4.69, 9.17) is 16.3 Å². The predicted molar refractivity (Wildman–Crippen MR) is 140 cm³/mol. The number of carbonyl (C=O) groups is 1. The SMILES string of the molecule is CC(C)(C)OC(=O)NC(c1cccc(Cl)c1)C1CCC(NCc2[nH]ncc2-c2ccccc2)CC1. The number of amides is 1. The maximum absolute atomic E-state index is 12.6. The van der Waals surface area contributed by atoms with Gasteiger partial charge in [-0.2, -0.15) is 5.10 Å². The van der Waals surface area contributed by atoms with E-state index < -0.39 is 11.7 Å². The van der Waals surface area contributed by atoms with E-state index in [0.29, 0.717) is 17.0 Å². The summed E-state index contributed by atoms with van der Waals surface area (Å²) < 4.78 is 5.55. The molecule has 2 aromatic carbocycles. The molecule has 1 fully saturated rings. The average molecular weight is 495 g/mol. The second-order valence-corrected chi connectivity index (χ2v) is 10.7. The van der Waals surface area contributed by atoms with Gasteiger partial charge >= 0.3 is 6.09 Å². The molecule has 3 aromatic rings. The van der Waals surface area contributed by atoms with Gasteiger partial charge in [0, 0.05) is 23.2 Å². The van der Waals surface area contributed by atoms with Crippen LogP contribution in [0.5, 0.6) is 0 Å². The molecule has 1 heterocycles. The maximum atomic E-state index is 12.6. The molecular weight excluding hydrogens is 460 g/mol. The van der Waals surface area contributed by atoms with Crippen LogP contribution in [0.25, 0.3) is 11.1 Å². The van der Waals surface area contributed by atoms with E-state index in [2.05, 4.69) is 33.0 Å².